The van der Waals surface area contributed by atoms with Gasteiger partial charge in [-0.05, 0) is 32.4 Å². The molecule has 1 amide bonds. The van der Waals surface area contributed by atoms with Crippen molar-refractivity contribution < 1.29 is 4.79 Å². The van der Waals surface area contributed by atoms with Gasteiger partial charge in [-0.2, -0.15) is 5.10 Å². The van der Waals surface area contributed by atoms with Gasteiger partial charge in [-0.25, -0.2) is 4.98 Å². The number of fused-ring (bicyclic) bond motifs is 1. The van der Waals surface area contributed by atoms with Crippen molar-refractivity contribution in [1.29, 1.82) is 0 Å². The lowest BCUT2D eigenvalue weighted by atomic mass is 10.1. The predicted molar refractivity (Wildman–Crippen MR) is 93.7 cm³/mol. The molecule has 6 nitrogen and oxygen atoms in total. The molecule has 0 aliphatic carbocycles. The molecule has 0 unspecified atom stereocenters. The van der Waals surface area contributed by atoms with E-state index in [1.54, 1.807) is 0 Å². The number of rotatable bonds is 6. The molecule has 2 aromatic heterocycles. The van der Waals surface area contributed by atoms with Crippen molar-refractivity contribution in [1.82, 2.24) is 24.6 Å². The lowest BCUT2D eigenvalue weighted by Gasteiger charge is -2.07. The van der Waals surface area contributed by atoms with Crippen LogP contribution in [-0.2, 0) is 24.8 Å². The van der Waals surface area contributed by atoms with E-state index in [0.717, 1.165) is 41.0 Å². The maximum Gasteiger partial charge on any atom is 0.224 e. The number of amides is 1. The maximum absolute atomic E-state index is 12.1. The molecule has 24 heavy (non-hydrogen) atoms. The average molecular weight is 325 g/mol. The highest BCUT2D eigenvalue weighted by molar-refractivity contribution is 5.79. The van der Waals surface area contributed by atoms with E-state index in [0.29, 0.717) is 13.0 Å². The third kappa shape index (κ3) is 3.32. The number of nitrogens with one attached hydrogen (secondary N) is 1. The van der Waals surface area contributed by atoms with E-state index in [4.69, 9.17) is 0 Å². The number of benzene rings is 1. The molecule has 126 valence electrons. The zero-order valence-electron chi connectivity index (χ0n) is 14.4. The van der Waals surface area contributed by atoms with E-state index in [9.17, 15) is 4.79 Å². The van der Waals surface area contributed by atoms with E-state index in [1.165, 1.54) is 0 Å². The van der Waals surface area contributed by atoms with Gasteiger partial charge in [0.05, 0.1) is 29.5 Å². The number of aromatic nitrogens is 4. The molecule has 0 saturated carbocycles. The van der Waals surface area contributed by atoms with Gasteiger partial charge in [0.15, 0.2) is 0 Å². The highest BCUT2D eigenvalue weighted by Gasteiger charge is 2.13. The van der Waals surface area contributed by atoms with Crippen molar-refractivity contribution in [3.63, 3.8) is 0 Å². The summed E-state index contributed by atoms with van der Waals surface area (Å²) >= 11 is 0. The van der Waals surface area contributed by atoms with Gasteiger partial charge in [0.25, 0.3) is 0 Å². The summed E-state index contributed by atoms with van der Waals surface area (Å²) in [5.41, 5.74) is 5.13. The Morgan fingerprint density at radius 1 is 1.25 bits per heavy atom. The number of para-hydroxylation sites is 2. The average Bonchev–Trinajstić information content (AvgIpc) is 3.08. The normalized spacial score (nSPS) is 11.1. The number of carbonyl (C=O) groups excluding carboxylic acids is 1. The van der Waals surface area contributed by atoms with Crippen LogP contribution < -0.4 is 5.32 Å². The summed E-state index contributed by atoms with van der Waals surface area (Å²) in [6.07, 6.45) is 3.12. The molecule has 1 aromatic carbocycles. The Kier molecular flexibility index (Phi) is 4.64. The summed E-state index contributed by atoms with van der Waals surface area (Å²) < 4.78 is 3.94. The fraction of sp³-hybridized carbons (Fsp3) is 0.389. The van der Waals surface area contributed by atoms with Crippen LogP contribution in [0.15, 0.2) is 30.6 Å². The number of nitrogens with zero attached hydrogens (tertiary/aromatic N) is 4. The molecule has 0 atom stereocenters. The van der Waals surface area contributed by atoms with Gasteiger partial charge in [-0.3, -0.25) is 9.48 Å². The summed E-state index contributed by atoms with van der Waals surface area (Å²) in [5, 5.41) is 7.34. The van der Waals surface area contributed by atoms with Gasteiger partial charge >= 0.3 is 0 Å². The Balaban J connectivity index is 1.49. The molecule has 3 aromatic rings. The number of aryl methyl sites for hydroxylation is 3. The van der Waals surface area contributed by atoms with Gasteiger partial charge in [-0.15, -0.1) is 0 Å². The molecule has 0 spiro atoms. The Morgan fingerprint density at radius 3 is 2.79 bits per heavy atom. The molecule has 0 aliphatic rings. The minimum Gasteiger partial charge on any atom is -0.356 e. The van der Waals surface area contributed by atoms with Crippen molar-refractivity contribution in [2.45, 2.75) is 33.2 Å². The van der Waals surface area contributed by atoms with Crippen LogP contribution in [0.25, 0.3) is 11.0 Å². The summed E-state index contributed by atoms with van der Waals surface area (Å²) in [5.74, 6) is 0.0460. The molecule has 0 bridgehead atoms. The fourth-order valence-corrected chi connectivity index (χ4v) is 2.96. The predicted octanol–water partition coefficient (Wildman–Crippen LogP) is 2.14. The van der Waals surface area contributed by atoms with Gasteiger partial charge in [-0.1, -0.05) is 12.1 Å². The zero-order valence-corrected chi connectivity index (χ0v) is 14.4. The van der Waals surface area contributed by atoms with Gasteiger partial charge < -0.3 is 9.88 Å². The quantitative estimate of drug-likeness (QED) is 0.706. The van der Waals surface area contributed by atoms with E-state index in [-0.39, 0.29) is 5.91 Å². The first kappa shape index (κ1) is 16.2. The van der Waals surface area contributed by atoms with Crippen LogP contribution in [-0.4, -0.2) is 31.8 Å². The first-order valence-electron chi connectivity index (χ1n) is 8.22. The number of hydrogen-bond acceptors (Lipinski definition) is 3. The molecule has 0 saturated heterocycles. The van der Waals surface area contributed by atoms with E-state index in [2.05, 4.69) is 26.0 Å². The third-order valence-corrected chi connectivity index (χ3v) is 4.42. The summed E-state index contributed by atoms with van der Waals surface area (Å²) in [4.78, 5) is 16.5. The molecule has 3 rings (SSSR count). The second kappa shape index (κ2) is 6.86. The van der Waals surface area contributed by atoms with Crippen LogP contribution in [0.1, 0.15) is 23.4 Å². The monoisotopic (exact) mass is 325 g/mol. The van der Waals surface area contributed by atoms with Crippen LogP contribution in [0.2, 0.25) is 0 Å². The van der Waals surface area contributed by atoms with Gasteiger partial charge in [0.1, 0.15) is 0 Å². The standard InChI is InChI=1S/C18H23N5O/c1-13-15(14(2)22(3)21-13)11-18(24)19-9-6-10-23-12-20-16-7-4-5-8-17(16)23/h4-5,7-8,12H,6,9-11H2,1-3H3,(H,19,24). The third-order valence-electron chi connectivity index (χ3n) is 4.42. The van der Waals surface area contributed by atoms with E-state index in [1.807, 2.05) is 50.1 Å². The van der Waals surface area contributed by atoms with Gasteiger partial charge in [0, 0.05) is 31.4 Å². The SMILES string of the molecule is Cc1nn(C)c(C)c1CC(=O)NCCCn1cnc2ccccc21. The molecular formula is C18H23N5O. The molecule has 0 radical (unpaired) electrons. The lowest BCUT2D eigenvalue weighted by molar-refractivity contribution is -0.120. The van der Waals surface area contributed by atoms with E-state index < -0.39 is 0 Å². The fourth-order valence-electron chi connectivity index (χ4n) is 2.96. The molecule has 1 N–H and O–H groups in total. The number of hydrogen-bond donors (Lipinski definition) is 1. The van der Waals surface area contributed by atoms with Crippen molar-refractivity contribution in [2.75, 3.05) is 6.54 Å². The van der Waals surface area contributed by atoms with Gasteiger partial charge in [0.2, 0.25) is 5.91 Å². The van der Waals surface area contributed by atoms with Crippen LogP contribution in [0, 0.1) is 13.8 Å². The molecule has 0 fully saturated rings. The van der Waals surface area contributed by atoms with Crippen LogP contribution in [0.5, 0.6) is 0 Å². The van der Waals surface area contributed by atoms with Crippen LogP contribution in [0.4, 0.5) is 0 Å². The Bertz CT molecular complexity index is 862. The lowest BCUT2D eigenvalue weighted by Crippen LogP contribution is -2.27. The van der Waals surface area contributed by atoms with E-state index >= 15 is 0 Å². The van der Waals surface area contributed by atoms with Crippen molar-refractivity contribution in [3.05, 3.63) is 47.5 Å². The summed E-state index contributed by atoms with van der Waals surface area (Å²) in [7, 11) is 1.90. The Hall–Kier alpha value is -2.63. The second-order valence-corrected chi connectivity index (χ2v) is 6.08. The molecule has 0 aliphatic heterocycles. The Morgan fingerprint density at radius 2 is 2.04 bits per heavy atom. The molecule has 6 heteroatoms. The summed E-state index contributed by atoms with van der Waals surface area (Å²) in [6, 6.07) is 8.07. The zero-order chi connectivity index (χ0) is 17.1. The van der Waals surface area contributed by atoms with Crippen LogP contribution in [0.3, 0.4) is 0 Å². The number of carbonyl (C=O) groups is 1. The topological polar surface area (TPSA) is 64.7 Å². The first-order valence-corrected chi connectivity index (χ1v) is 8.22. The van der Waals surface area contributed by atoms with Crippen molar-refractivity contribution in [2.24, 2.45) is 7.05 Å². The van der Waals surface area contributed by atoms with Crippen molar-refractivity contribution >= 4 is 16.9 Å². The number of imidazole rings is 1. The smallest absolute Gasteiger partial charge is 0.224 e. The van der Waals surface area contributed by atoms with Crippen LogP contribution >= 0.6 is 0 Å². The largest absolute Gasteiger partial charge is 0.356 e. The highest BCUT2D eigenvalue weighted by Crippen LogP contribution is 2.13. The highest BCUT2D eigenvalue weighted by atomic mass is 16.1. The second-order valence-electron chi connectivity index (χ2n) is 6.08. The van der Waals surface area contributed by atoms with Crippen molar-refractivity contribution in [3.8, 4) is 0 Å². The minimum absolute atomic E-state index is 0.0460. The minimum atomic E-state index is 0.0460. The first-order chi connectivity index (χ1) is 11.6. The maximum atomic E-state index is 12.1. The molecule has 2 heterocycles. The Labute approximate surface area is 141 Å². The summed E-state index contributed by atoms with van der Waals surface area (Å²) in [6.45, 7) is 5.43. The molecular weight excluding hydrogens is 302 g/mol.